The van der Waals surface area contributed by atoms with Crippen LogP contribution in [0.25, 0.3) is 5.69 Å². The van der Waals surface area contributed by atoms with E-state index >= 15 is 0 Å². The van der Waals surface area contributed by atoms with E-state index in [1.165, 1.54) is 0 Å². The summed E-state index contributed by atoms with van der Waals surface area (Å²) in [6.07, 6.45) is 7.67. The number of carbonyl (C=O) groups excluding carboxylic acids is 1. The number of halogens is 1. The van der Waals surface area contributed by atoms with Crippen LogP contribution in [0.4, 0.5) is 5.69 Å². The van der Waals surface area contributed by atoms with Crippen molar-refractivity contribution in [1.29, 1.82) is 0 Å². The number of anilines is 1. The van der Waals surface area contributed by atoms with Gasteiger partial charge in [0.05, 0.1) is 28.8 Å². The van der Waals surface area contributed by atoms with Crippen molar-refractivity contribution in [2.75, 3.05) is 17.3 Å². The first-order valence-electron chi connectivity index (χ1n) is 6.45. The number of nitrogens with two attached hydrogens (primary N) is 1. The molecule has 0 radical (unpaired) electrons. The Hall–Kier alpha value is -1.50. The van der Waals surface area contributed by atoms with E-state index in [0.29, 0.717) is 22.8 Å². The number of rotatable bonds is 6. The van der Waals surface area contributed by atoms with Gasteiger partial charge in [-0.15, -0.1) is 0 Å². The number of benzene rings is 1. The number of amides is 1. The molecule has 0 aliphatic heterocycles. The fourth-order valence-electron chi connectivity index (χ4n) is 1.87. The van der Waals surface area contributed by atoms with E-state index in [-0.39, 0.29) is 5.91 Å². The Morgan fingerprint density at radius 3 is 3.05 bits per heavy atom. The number of aromatic nitrogens is 2. The van der Waals surface area contributed by atoms with E-state index in [9.17, 15) is 4.79 Å². The predicted molar refractivity (Wildman–Crippen MR) is 88.2 cm³/mol. The summed E-state index contributed by atoms with van der Waals surface area (Å²) in [5.41, 5.74) is 7.18. The number of nitrogens with one attached hydrogen (secondary N) is 1. The molecule has 0 spiro atoms. The molecule has 2 rings (SSSR count). The first-order valence-corrected chi connectivity index (χ1v) is 8.23. The van der Waals surface area contributed by atoms with Crippen molar-refractivity contribution in [3.63, 3.8) is 0 Å². The van der Waals surface area contributed by atoms with Gasteiger partial charge in [0.1, 0.15) is 0 Å². The zero-order chi connectivity index (χ0) is 15.2. The van der Waals surface area contributed by atoms with E-state index in [2.05, 4.69) is 10.3 Å². The maximum atomic E-state index is 12.1. The molecule has 3 N–H and O–H groups in total. The van der Waals surface area contributed by atoms with Crippen LogP contribution >= 0.6 is 23.4 Å². The quantitative estimate of drug-likeness (QED) is 0.856. The molecule has 112 valence electrons. The van der Waals surface area contributed by atoms with Crippen LogP contribution in [0.1, 0.15) is 6.42 Å². The Morgan fingerprint density at radius 2 is 2.38 bits per heavy atom. The minimum Gasteiger partial charge on any atom is -0.323 e. The van der Waals surface area contributed by atoms with E-state index in [4.69, 9.17) is 17.3 Å². The fraction of sp³-hybridized carbons (Fsp3) is 0.286. The number of hydrogen-bond acceptors (Lipinski definition) is 4. The summed E-state index contributed by atoms with van der Waals surface area (Å²) in [4.78, 5) is 16.1. The average Bonchev–Trinajstić information content (AvgIpc) is 2.98. The van der Waals surface area contributed by atoms with Crippen molar-refractivity contribution in [3.05, 3.63) is 41.9 Å². The second-order valence-electron chi connectivity index (χ2n) is 4.48. The lowest BCUT2D eigenvalue weighted by Gasteiger charge is -2.16. The van der Waals surface area contributed by atoms with Crippen molar-refractivity contribution in [2.24, 2.45) is 5.73 Å². The molecule has 0 saturated carbocycles. The molecule has 0 bridgehead atoms. The summed E-state index contributed by atoms with van der Waals surface area (Å²) in [5, 5.41) is 3.37. The Morgan fingerprint density at radius 1 is 1.57 bits per heavy atom. The third kappa shape index (κ3) is 4.00. The van der Waals surface area contributed by atoms with Crippen molar-refractivity contribution in [3.8, 4) is 5.69 Å². The maximum Gasteiger partial charge on any atom is 0.241 e. The highest BCUT2D eigenvalue weighted by atomic mass is 35.5. The number of imidazole rings is 1. The molecule has 7 heteroatoms. The van der Waals surface area contributed by atoms with Crippen molar-refractivity contribution in [1.82, 2.24) is 9.55 Å². The molecular weight excluding hydrogens is 308 g/mol. The Bertz CT molecular complexity index is 603. The minimum absolute atomic E-state index is 0.215. The smallest absolute Gasteiger partial charge is 0.241 e. The fourth-order valence-corrected chi connectivity index (χ4v) is 2.63. The highest BCUT2D eigenvalue weighted by molar-refractivity contribution is 7.98. The molecular formula is C14H17ClN4OS. The van der Waals surface area contributed by atoms with Gasteiger partial charge in [-0.05, 0) is 30.6 Å². The lowest BCUT2D eigenvalue weighted by Crippen LogP contribution is -2.36. The van der Waals surface area contributed by atoms with Crippen LogP contribution in [0.2, 0.25) is 5.02 Å². The largest absolute Gasteiger partial charge is 0.323 e. The van der Waals surface area contributed by atoms with Crippen LogP contribution in [0.15, 0.2) is 36.9 Å². The van der Waals surface area contributed by atoms with Crippen LogP contribution in [-0.4, -0.2) is 33.5 Å². The lowest BCUT2D eigenvalue weighted by molar-refractivity contribution is -0.117. The molecule has 0 saturated heterocycles. The molecule has 1 amide bonds. The summed E-state index contributed by atoms with van der Waals surface area (Å²) < 4.78 is 1.76. The summed E-state index contributed by atoms with van der Waals surface area (Å²) in [7, 11) is 0. The predicted octanol–water partition coefficient (Wildman–Crippen LogP) is 2.54. The zero-order valence-electron chi connectivity index (χ0n) is 11.6. The number of thioether (sulfide) groups is 1. The molecule has 1 aromatic heterocycles. The normalized spacial score (nSPS) is 12.1. The second-order valence-corrected chi connectivity index (χ2v) is 5.88. The van der Waals surface area contributed by atoms with E-state index < -0.39 is 6.04 Å². The number of nitrogens with zero attached hydrogens (tertiary/aromatic N) is 2. The first kappa shape index (κ1) is 15.9. The average molecular weight is 325 g/mol. The van der Waals surface area contributed by atoms with E-state index in [1.807, 2.05) is 6.26 Å². The second kappa shape index (κ2) is 7.49. The van der Waals surface area contributed by atoms with Gasteiger partial charge in [0.15, 0.2) is 0 Å². The Kier molecular flexibility index (Phi) is 5.67. The molecule has 2 aromatic rings. The Balaban J connectivity index is 2.21. The van der Waals surface area contributed by atoms with Gasteiger partial charge in [-0.1, -0.05) is 17.7 Å². The first-order chi connectivity index (χ1) is 10.1. The van der Waals surface area contributed by atoms with Gasteiger partial charge in [0.2, 0.25) is 5.91 Å². The zero-order valence-corrected chi connectivity index (χ0v) is 13.2. The molecule has 0 aliphatic rings. The van der Waals surface area contributed by atoms with Crippen LogP contribution < -0.4 is 11.1 Å². The molecule has 21 heavy (non-hydrogen) atoms. The van der Waals surface area contributed by atoms with Crippen molar-refractivity contribution >= 4 is 35.0 Å². The van der Waals surface area contributed by atoms with Gasteiger partial charge in [-0.3, -0.25) is 4.79 Å². The summed E-state index contributed by atoms with van der Waals surface area (Å²) in [6, 6.07) is 4.80. The number of carbonyl (C=O) groups is 1. The van der Waals surface area contributed by atoms with Gasteiger partial charge in [0, 0.05) is 12.4 Å². The third-order valence-electron chi connectivity index (χ3n) is 2.98. The summed E-state index contributed by atoms with van der Waals surface area (Å²) in [6.45, 7) is 0. The Labute approximate surface area is 132 Å². The summed E-state index contributed by atoms with van der Waals surface area (Å²) in [5.74, 6) is 0.631. The third-order valence-corrected chi connectivity index (χ3v) is 3.93. The SMILES string of the molecule is CSCC[C@@H](N)C(=O)Nc1cccc(Cl)c1-n1ccnc1. The monoisotopic (exact) mass is 324 g/mol. The summed E-state index contributed by atoms with van der Waals surface area (Å²) >= 11 is 7.90. The van der Waals surface area contributed by atoms with Crippen LogP contribution in [0, 0.1) is 0 Å². The molecule has 5 nitrogen and oxygen atoms in total. The van der Waals surface area contributed by atoms with Gasteiger partial charge >= 0.3 is 0 Å². The van der Waals surface area contributed by atoms with Crippen LogP contribution in [0.5, 0.6) is 0 Å². The molecule has 1 atom stereocenters. The molecule has 1 heterocycles. The molecule has 0 aliphatic carbocycles. The molecule has 0 unspecified atom stereocenters. The van der Waals surface area contributed by atoms with Gasteiger partial charge in [-0.2, -0.15) is 11.8 Å². The highest BCUT2D eigenvalue weighted by Gasteiger charge is 2.16. The van der Waals surface area contributed by atoms with E-state index in [1.54, 1.807) is 53.2 Å². The number of hydrogen-bond donors (Lipinski definition) is 2. The van der Waals surface area contributed by atoms with Crippen molar-refractivity contribution in [2.45, 2.75) is 12.5 Å². The van der Waals surface area contributed by atoms with E-state index in [0.717, 1.165) is 5.75 Å². The highest BCUT2D eigenvalue weighted by Crippen LogP contribution is 2.28. The standard InChI is InChI=1S/C14H17ClN4OS/c1-21-8-5-11(16)14(20)18-12-4-2-3-10(15)13(12)19-7-6-17-9-19/h2-4,6-7,9,11H,5,8,16H2,1H3,(H,18,20)/t11-/m1/s1. The number of para-hydroxylation sites is 1. The molecule has 0 fully saturated rings. The van der Waals surface area contributed by atoms with Gasteiger partial charge in [0.25, 0.3) is 0 Å². The topological polar surface area (TPSA) is 72.9 Å². The minimum atomic E-state index is -0.535. The van der Waals surface area contributed by atoms with Crippen LogP contribution in [0.3, 0.4) is 0 Å². The van der Waals surface area contributed by atoms with Gasteiger partial charge < -0.3 is 15.6 Å². The van der Waals surface area contributed by atoms with Gasteiger partial charge in [-0.25, -0.2) is 4.98 Å². The lowest BCUT2D eigenvalue weighted by atomic mass is 10.2. The van der Waals surface area contributed by atoms with Crippen molar-refractivity contribution < 1.29 is 4.79 Å². The maximum absolute atomic E-state index is 12.1. The molecule has 1 aromatic carbocycles. The van der Waals surface area contributed by atoms with Crippen LogP contribution in [-0.2, 0) is 4.79 Å².